The molecule has 3 heteroatoms. The maximum absolute atomic E-state index is 6.13. The molecule has 1 heterocycles. The number of terminal acetylenes is 1. The largest absolute Gasteiger partial charge is 0.338 e. The molecule has 2 rings (SSSR count). The second-order valence-corrected chi connectivity index (χ2v) is 3.52. The minimum atomic E-state index is -0.136. The number of nitrogens with zero attached hydrogens (tertiary/aromatic N) is 2. The van der Waals surface area contributed by atoms with Crippen molar-refractivity contribution in [3.63, 3.8) is 0 Å². The van der Waals surface area contributed by atoms with E-state index in [1.54, 1.807) is 0 Å². The first-order chi connectivity index (χ1) is 7.29. The van der Waals surface area contributed by atoms with E-state index in [2.05, 4.69) is 29.9 Å². The Hall–Kier alpha value is -1.66. The summed E-state index contributed by atoms with van der Waals surface area (Å²) in [7, 11) is 0. The van der Waals surface area contributed by atoms with Crippen molar-refractivity contribution in [3.8, 4) is 12.3 Å². The van der Waals surface area contributed by atoms with Crippen LogP contribution in [0.25, 0.3) is 0 Å². The SMILES string of the molecule is C#CCN1c2ccccc2N(CC)C1N. The van der Waals surface area contributed by atoms with Gasteiger partial charge in [0.1, 0.15) is 0 Å². The van der Waals surface area contributed by atoms with Crippen LogP contribution in [0.5, 0.6) is 0 Å². The number of hydrogen-bond acceptors (Lipinski definition) is 3. The van der Waals surface area contributed by atoms with Gasteiger partial charge in [0.15, 0.2) is 6.29 Å². The van der Waals surface area contributed by atoms with Crippen molar-refractivity contribution in [2.45, 2.75) is 13.2 Å². The zero-order chi connectivity index (χ0) is 10.8. The van der Waals surface area contributed by atoms with Crippen LogP contribution in [0.1, 0.15) is 6.92 Å². The monoisotopic (exact) mass is 201 g/mol. The van der Waals surface area contributed by atoms with E-state index in [4.69, 9.17) is 12.2 Å². The van der Waals surface area contributed by atoms with Crippen LogP contribution < -0.4 is 15.5 Å². The Balaban J connectivity index is 2.42. The predicted octanol–water partition coefficient (Wildman–Crippen LogP) is 1.21. The van der Waals surface area contributed by atoms with E-state index in [0.717, 1.165) is 12.2 Å². The third-order valence-corrected chi connectivity index (χ3v) is 2.74. The van der Waals surface area contributed by atoms with Crippen LogP contribution >= 0.6 is 0 Å². The topological polar surface area (TPSA) is 32.5 Å². The highest BCUT2D eigenvalue weighted by atomic mass is 15.5. The highest BCUT2D eigenvalue weighted by Gasteiger charge is 2.30. The molecule has 0 fully saturated rings. The number of para-hydroxylation sites is 2. The number of hydrogen-bond donors (Lipinski definition) is 1. The molecule has 1 aliphatic rings. The molecule has 1 aromatic carbocycles. The Morgan fingerprint density at radius 3 is 2.47 bits per heavy atom. The van der Waals surface area contributed by atoms with Gasteiger partial charge < -0.3 is 9.80 Å². The van der Waals surface area contributed by atoms with Crippen molar-refractivity contribution in [1.29, 1.82) is 0 Å². The van der Waals surface area contributed by atoms with E-state index < -0.39 is 0 Å². The molecule has 0 aromatic heterocycles. The van der Waals surface area contributed by atoms with Crippen molar-refractivity contribution in [2.24, 2.45) is 5.73 Å². The van der Waals surface area contributed by atoms with E-state index in [9.17, 15) is 0 Å². The second kappa shape index (κ2) is 3.84. The number of rotatable bonds is 2. The smallest absolute Gasteiger partial charge is 0.156 e. The number of anilines is 2. The third-order valence-electron chi connectivity index (χ3n) is 2.74. The van der Waals surface area contributed by atoms with Gasteiger partial charge in [0, 0.05) is 6.54 Å². The van der Waals surface area contributed by atoms with Crippen molar-refractivity contribution in [1.82, 2.24) is 0 Å². The summed E-state index contributed by atoms with van der Waals surface area (Å²) in [6.45, 7) is 3.53. The Kier molecular flexibility index (Phi) is 2.53. The molecule has 15 heavy (non-hydrogen) atoms. The van der Waals surface area contributed by atoms with Crippen LogP contribution in [0, 0.1) is 12.3 Å². The molecule has 1 aliphatic heterocycles. The van der Waals surface area contributed by atoms with Gasteiger partial charge in [-0.1, -0.05) is 18.1 Å². The summed E-state index contributed by atoms with van der Waals surface area (Å²) in [4.78, 5) is 4.19. The fraction of sp³-hybridized carbons (Fsp3) is 0.333. The fourth-order valence-corrected chi connectivity index (χ4v) is 2.04. The van der Waals surface area contributed by atoms with Gasteiger partial charge in [-0.2, -0.15) is 0 Å². The molecule has 3 nitrogen and oxygen atoms in total. The van der Waals surface area contributed by atoms with Gasteiger partial charge in [-0.05, 0) is 19.1 Å². The molecule has 0 saturated carbocycles. The lowest BCUT2D eigenvalue weighted by Gasteiger charge is -2.27. The quantitative estimate of drug-likeness (QED) is 0.730. The average molecular weight is 201 g/mol. The molecule has 0 amide bonds. The van der Waals surface area contributed by atoms with Gasteiger partial charge in [-0.25, -0.2) is 0 Å². The molecule has 0 saturated heterocycles. The number of benzene rings is 1. The standard InChI is InChI=1S/C12H15N3/c1-3-9-15-11-8-6-5-7-10(11)14(4-2)12(15)13/h1,5-8,12H,4,9,13H2,2H3. The first-order valence-corrected chi connectivity index (χ1v) is 5.11. The van der Waals surface area contributed by atoms with Crippen molar-refractivity contribution in [2.75, 3.05) is 22.9 Å². The highest BCUT2D eigenvalue weighted by molar-refractivity contribution is 5.77. The molecular weight excluding hydrogens is 186 g/mol. The van der Waals surface area contributed by atoms with E-state index in [0.29, 0.717) is 6.54 Å². The van der Waals surface area contributed by atoms with E-state index in [1.807, 2.05) is 17.0 Å². The first kappa shape index (κ1) is 9.88. The molecule has 0 bridgehead atoms. The Labute approximate surface area is 90.5 Å². The highest BCUT2D eigenvalue weighted by Crippen LogP contribution is 2.36. The summed E-state index contributed by atoms with van der Waals surface area (Å²) in [5.41, 5.74) is 8.43. The summed E-state index contributed by atoms with van der Waals surface area (Å²) in [6.07, 6.45) is 5.21. The summed E-state index contributed by atoms with van der Waals surface area (Å²) in [5, 5.41) is 0. The first-order valence-electron chi connectivity index (χ1n) is 5.11. The van der Waals surface area contributed by atoms with E-state index >= 15 is 0 Å². The van der Waals surface area contributed by atoms with Crippen LogP contribution in [-0.4, -0.2) is 19.4 Å². The van der Waals surface area contributed by atoms with E-state index in [1.165, 1.54) is 5.69 Å². The summed E-state index contributed by atoms with van der Waals surface area (Å²) in [6, 6.07) is 8.17. The van der Waals surface area contributed by atoms with Gasteiger partial charge in [-0.3, -0.25) is 5.73 Å². The molecule has 0 aliphatic carbocycles. The fourth-order valence-electron chi connectivity index (χ4n) is 2.04. The van der Waals surface area contributed by atoms with E-state index in [-0.39, 0.29) is 6.29 Å². The van der Waals surface area contributed by atoms with Crippen LogP contribution in [0.4, 0.5) is 11.4 Å². The Morgan fingerprint density at radius 1 is 1.33 bits per heavy atom. The molecule has 0 spiro atoms. The van der Waals surface area contributed by atoms with Crippen molar-refractivity contribution in [3.05, 3.63) is 24.3 Å². The maximum atomic E-state index is 6.13. The summed E-state index contributed by atoms with van der Waals surface area (Å²) >= 11 is 0. The minimum Gasteiger partial charge on any atom is -0.338 e. The molecule has 1 unspecified atom stereocenters. The Morgan fingerprint density at radius 2 is 1.93 bits per heavy atom. The van der Waals surface area contributed by atoms with Crippen LogP contribution in [-0.2, 0) is 0 Å². The lowest BCUT2D eigenvalue weighted by molar-refractivity contribution is 0.632. The molecule has 0 radical (unpaired) electrons. The number of fused-ring (bicyclic) bond motifs is 1. The second-order valence-electron chi connectivity index (χ2n) is 3.52. The summed E-state index contributed by atoms with van der Waals surface area (Å²) < 4.78 is 0. The Bertz CT molecular complexity index is 394. The van der Waals surface area contributed by atoms with Gasteiger partial charge in [0.2, 0.25) is 0 Å². The molecule has 1 atom stereocenters. The third kappa shape index (κ3) is 1.43. The molecule has 2 N–H and O–H groups in total. The molecule has 78 valence electrons. The molecular formula is C12H15N3. The van der Waals surface area contributed by atoms with Crippen molar-refractivity contribution < 1.29 is 0 Å². The van der Waals surface area contributed by atoms with Crippen LogP contribution in [0.3, 0.4) is 0 Å². The van der Waals surface area contributed by atoms with Gasteiger partial charge in [-0.15, -0.1) is 6.42 Å². The zero-order valence-electron chi connectivity index (χ0n) is 8.85. The van der Waals surface area contributed by atoms with Gasteiger partial charge >= 0.3 is 0 Å². The minimum absolute atomic E-state index is 0.136. The average Bonchev–Trinajstić information content (AvgIpc) is 2.53. The van der Waals surface area contributed by atoms with Crippen molar-refractivity contribution >= 4 is 11.4 Å². The molecule has 1 aromatic rings. The summed E-state index contributed by atoms with van der Waals surface area (Å²) in [5.74, 6) is 2.64. The van der Waals surface area contributed by atoms with Crippen LogP contribution in [0.2, 0.25) is 0 Å². The van der Waals surface area contributed by atoms with Gasteiger partial charge in [0.05, 0.1) is 17.9 Å². The lowest BCUT2D eigenvalue weighted by atomic mass is 10.2. The van der Waals surface area contributed by atoms with Gasteiger partial charge in [0.25, 0.3) is 0 Å². The predicted molar refractivity (Wildman–Crippen MR) is 63.6 cm³/mol. The zero-order valence-corrected chi connectivity index (χ0v) is 8.85. The van der Waals surface area contributed by atoms with Crippen LogP contribution in [0.15, 0.2) is 24.3 Å². The number of nitrogens with two attached hydrogens (primary N) is 1. The maximum Gasteiger partial charge on any atom is 0.156 e. The lowest BCUT2D eigenvalue weighted by Crippen LogP contribution is -2.50. The normalized spacial score (nSPS) is 18.9.